The van der Waals surface area contributed by atoms with Gasteiger partial charge in [-0.1, -0.05) is 13.8 Å². The molecule has 1 aliphatic rings. The van der Waals surface area contributed by atoms with Crippen LogP contribution in [0.1, 0.15) is 39.5 Å². The van der Waals surface area contributed by atoms with E-state index in [-0.39, 0.29) is 12.7 Å². The lowest BCUT2D eigenvalue weighted by atomic mass is 10.00. The van der Waals surface area contributed by atoms with Gasteiger partial charge in [0.15, 0.2) is 18.4 Å². The van der Waals surface area contributed by atoms with Crippen molar-refractivity contribution in [2.75, 3.05) is 13.1 Å². The molecule has 20 heavy (non-hydrogen) atoms. The SMILES string of the molecule is CCCC(CCC)=[N+]1CC(F)CNC1C(C=O)C(N)N. The third-order valence-electron chi connectivity index (χ3n) is 3.73. The first kappa shape index (κ1) is 17.2. The topological polar surface area (TPSA) is 84.1 Å². The highest BCUT2D eigenvalue weighted by Gasteiger charge is 2.40. The summed E-state index contributed by atoms with van der Waals surface area (Å²) < 4.78 is 15.7. The van der Waals surface area contributed by atoms with E-state index in [1.165, 1.54) is 5.71 Å². The standard InChI is InChI=1S/C14H28FN4O/c1-3-5-11(6-4-2)19-8-10(15)7-18-14(19)12(9-20)13(16)17/h9-10,12-14,18H,3-8,16-17H2,1-2H3/q+1. The Morgan fingerprint density at radius 2 is 2.00 bits per heavy atom. The third kappa shape index (κ3) is 4.33. The van der Waals surface area contributed by atoms with Crippen molar-refractivity contribution < 1.29 is 13.8 Å². The Morgan fingerprint density at radius 3 is 2.45 bits per heavy atom. The van der Waals surface area contributed by atoms with Gasteiger partial charge in [0.25, 0.3) is 0 Å². The van der Waals surface area contributed by atoms with Crippen molar-refractivity contribution in [1.82, 2.24) is 5.32 Å². The minimum absolute atomic E-state index is 0.240. The molecule has 116 valence electrons. The predicted octanol–water partition coefficient (Wildman–Crippen LogP) is 0.366. The minimum Gasteiger partial charge on any atom is -0.315 e. The van der Waals surface area contributed by atoms with Crippen molar-refractivity contribution in [3.8, 4) is 0 Å². The van der Waals surface area contributed by atoms with Crippen molar-refractivity contribution in [2.45, 2.75) is 58.0 Å². The van der Waals surface area contributed by atoms with Crippen LogP contribution in [0.5, 0.6) is 0 Å². The molecule has 0 radical (unpaired) electrons. The zero-order valence-corrected chi connectivity index (χ0v) is 12.5. The molecule has 6 heteroatoms. The quantitative estimate of drug-likeness (QED) is 0.359. The van der Waals surface area contributed by atoms with Gasteiger partial charge in [-0.25, -0.2) is 8.97 Å². The van der Waals surface area contributed by atoms with Crippen LogP contribution < -0.4 is 16.8 Å². The van der Waals surface area contributed by atoms with Gasteiger partial charge in [0.2, 0.25) is 6.17 Å². The normalized spacial score (nSPS) is 24.8. The molecule has 0 aliphatic carbocycles. The Balaban J connectivity index is 3.10. The van der Waals surface area contributed by atoms with Crippen LogP contribution in [0.2, 0.25) is 0 Å². The van der Waals surface area contributed by atoms with Gasteiger partial charge >= 0.3 is 0 Å². The number of carbonyl (C=O) groups is 1. The molecule has 1 fully saturated rings. The van der Waals surface area contributed by atoms with Gasteiger partial charge in [-0.2, -0.15) is 0 Å². The van der Waals surface area contributed by atoms with Crippen LogP contribution >= 0.6 is 0 Å². The average molecular weight is 287 g/mol. The minimum atomic E-state index is -0.934. The van der Waals surface area contributed by atoms with E-state index in [1.54, 1.807) is 0 Å². The largest absolute Gasteiger partial charge is 0.315 e. The summed E-state index contributed by atoms with van der Waals surface area (Å²) in [6.07, 6.45) is 2.61. The molecule has 1 rings (SSSR count). The van der Waals surface area contributed by atoms with Crippen LogP contribution in [-0.4, -0.2) is 48.2 Å². The smallest absolute Gasteiger partial charge is 0.219 e. The zero-order valence-electron chi connectivity index (χ0n) is 12.5. The maximum atomic E-state index is 13.7. The summed E-state index contributed by atoms with van der Waals surface area (Å²) in [6.45, 7) is 4.75. The molecular weight excluding hydrogens is 259 g/mol. The molecule has 5 N–H and O–H groups in total. The Hall–Kier alpha value is -0.850. The monoisotopic (exact) mass is 287 g/mol. The molecule has 1 saturated heterocycles. The van der Waals surface area contributed by atoms with Crippen molar-refractivity contribution in [2.24, 2.45) is 17.4 Å². The number of nitrogens with two attached hydrogens (primary N) is 2. The number of hydrogen-bond donors (Lipinski definition) is 3. The van der Waals surface area contributed by atoms with Crippen molar-refractivity contribution in [1.29, 1.82) is 0 Å². The Morgan fingerprint density at radius 1 is 1.40 bits per heavy atom. The molecule has 0 aromatic carbocycles. The van der Waals surface area contributed by atoms with E-state index in [1.807, 2.05) is 4.58 Å². The van der Waals surface area contributed by atoms with E-state index in [0.29, 0.717) is 6.54 Å². The number of rotatable bonds is 7. The first-order valence-corrected chi connectivity index (χ1v) is 7.50. The number of carbonyl (C=O) groups excluding carboxylic acids is 1. The second-order valence-electron chi connectivity index (χ2n) is 5.46. The van der Waals surface area contributed by atoms with Gasteiger partial charge in [0.1, 0.15) is 12.2 Å². The van der Waals surface area contributed by atoms with Crippen LogP contribution in [0.15, 0.2) is 0 Å². The second kappa shape index (κ2) is 8.44. The summed E-state index contributed by atoms with van der Waals surface area (Å²) in [7, 11) is 0. The molecule has 3 atom stereocenters. The van der Waals surface area contributed by atoms with E-state index >= 15 is 0 Å². The summed E-state index contributed by atoms with van der Waals surface area (Å²) in [4.78, 5) is 11.3. The summed E-state index contributed by atoms with van der Waals surface area (Å²) in [5.41, 5.74) is 12.6. The number of nitrogens with zero attached hydrogens (tertiary/aromatic N) is 1. The predicted molar refractivity (Wildman–Crippen MR) is 78.4 cm³/mol. The maximum Gasteiger partial charge on any atom is 0.219 e. The van der Waals surface area contributed by atoms with Crippen molar-refractivity contribution >= 4 is 12.0 Å². The average Bonchev–Trinajstić information content (AvgIpc) is 2.40. The molecule has 1 aliphatic heterocycles. The third-order valence-corrected chi connectivity index (χ3v) is 3.73. The highest BCUT2D eigenvalue weighted by molar-refractivity contribution is 5.79. The Bertz CT molecular complexity index is 338. The van der Waals surface area contributed by atoms with Crippen LogP contribution in [-0.2, 0) is 4.79 Å². The number of hydrogen-bond acceptors (Lipinski definition) is 4. The molecule has 3 unspecified atom stereocenters. The zero-order chi connectivity index (χ0) is 15.1. The van der Waals surface area contributed by atoms with E-state index in [9.17, 15) is 9.18 Å². The fourth-order valence-corrected chi connectivity index (χ4v) is 2.79. The van der Waals surface area contributed by atoms with Gasteiger partial charge in [-0.15, -0.1) is 0 Å². The molecule has 0 amide bonds. The van der Waals surface area contributed by atoms with Gasteiger partial charge in [0.05, 0.1) is 6.17 Å². The fourth-order valence-electron chi connectivity index (χ4n) is 2.79. The molecule has 0 bridgehead atoms. The van der Waals surface area contributed by atoms with Gasteiger partial charge in [-0.3, -0.25) is 5.32 Å². The first-order valence-electron chi connectivity index (χ1n) is 7.50. The maximum absolute atomic E-state index is 13.7. The van der Waals surface area contributed by atoms with Crippen molar-refractivity contribution in [3.05, 3.63) is 0 Å². The lowest BCUT2D eigenvalue weighted by Crippen LogP contribution is -2.61. The van der Waals surface area contributed by atoms with Gasteiger partial charge in [-0.05, 0) is 12.8 Å². The number of halogens is 1. The van der Waals surface area contributed by atoms with Gasteiger partial charge in [0, 0.05) is 19.4 Å². The van der Waals surface area contributed by atoms with Crippen LogP contribution in [0.3, 0.4) is 0 Å². The fraction of sp³-hybridized carbons (Fsp3) is 0.857. The lowest BCUT2D eigenvalue weighted by molar-refractivity contribution is -0.595. The molecule has 5 nitrogen and oxygen atoms in total. The molecule has 0 aromatic heterocycles. The van der Waals surface area contributed by atoms with Gasteiger partial charge < -0.3 is 16.3 Å². The number of alkyl halides is 1. The summed E-state index contributed by atoms with van der Waals surface area (Å²) in [5.74, 6) is -0.536. The van der Waals surface area contributed by atoms with E-state index in [0.717, 1.165) is 32.0 Å². The number of aldehydes is 1. The van der Waals surface area contributed by atoms with Crippen molar-refractivity contribution in [3.63, 3.8) is 0 Å². The van der Waals surface area contributed by atoms with Crippen LogP contribution in [0, 0.1) is 5.92 Å². The Kier molecular flexibility index (Phi) is 7.26. The highest BCUT2D eigenvalue weighted by Crippen LogP contribution is 2.14. The molecule has 0 spiro atoms. The summed E-state index contributed by atoms with van der Waals surface area (Å²) in [6, 6.07) is 0. The molecule has 1 heterocycles. The van der Waals surface area contributed by atoms with E-state index in [4.69, 9.17) is 11.5 Å². The van der Waals surface area contributed by atoms with Crippen LogP contribution in [0.25, 0.3) is 0 Å². The van der Waals surface area contributed by atoms with E-state index in [2.05, 4.69) is 19.2 Å². The summed E-state index contributed by atoms with van der Waals surface area (Å²) in [5, 5.41) is 3.09. The van der Waals surface area contributed by atoms with E-state index < -0.39 is 18.3 Å². The Labute approximate surface area is 120 Å². The number of nitrogens with one attached hydrogen (secondary N) is 1. The summed E-state index contributed by atoms with van der Waals surface area (Å²) >= 11 is 0. The first-order chi connectivity index (χ1) is 9.54. The molecule has 0 aromatic rings. The molecule has 0 saturated carbocycles. The second-order valence-corrected chi connectivity index (χ2v) is 5.46. The van der Waals surface area contributed by atoms with Crippen LogP contribution in [0.4, 0.5) is 4.39 Å². The highest BCUT2D eigenvalue weighted by atomic mass is 19.1. The lowest BCUT2D eigenvalue weighted by Gasteiger charge is -2.31. The molecular formula is C14H28FN4O+.